The Morgan fingerprint density at radius 1 is 1.05 bits per heavy atom. The van der Waals surface area contributed by atoms with Crippen molar-refractivity contribution in [1.29, 1.82) is 0 Å². The largest absolute Gasteiger partial charge is 0.490 e. The predicted molar refractivity (Wildman–Crippen MR) is 155 cm³/mol. The molecule has 0 radical (unpaired) electrons. The third-order valence-electron chi connectivity index (χ3n) is 7.09. The van der Waals surface area contributed by atoms with Gasteiger partial charge < -0.3 is 25.2 Å². The van der Waals surface area contributed by atoms with Crippen LogP contribution in [0.3, 0.4) is 0 Å². The monoisotopic (exact) mass is 544 g/mol. The Morgan fingerprint density at radius 2 is 1.82 bits per heavy atom. The molecule has 1 unspecified atom stereocenters. The summed E-state index contributed by atoms with van der Waals surface area (Å²) in [4.78, 5) is 30.5. The molecule has 210 valence electrons. The zero-order chi connectivity index (χ0) is 28.1. The second-order valence-corrected chi connectivity index (χ2v) is 10.2. The predicted octanol–water partition coefficient (Wildman–Crippen LogP) is 2.87. The van der Waals surface area contributed by atoms with Crippen molar-refractivity contribution in [3.8, 4) is 28.3 Å². The van der Waals surface area contributed by atoms with Gasteiger partial charge in [0.15, 0.2) is 5.82 Å². The number of piperazine rings is 1. The summed E-state index contributed by atoms with van der Waals surface area (Å²) < 4.78 is 7.63. The molecule has 11 heteroatoms. The lowest BCUT2D eigenvalue weighted by Crippen LogP contribution is -2.43. The van der Waals surface area contributed by atoms with E-state index >= 15 is 0 Å². The number of rotatable bonds is 10. The van der Waals surface area contributed by atoms with Crippen LogP contribution in [-0.4, -0.2) is 85.6 Å². The number of H-pyrrole nitrogens is 1. The van der Waals surface area contributed by atoms with E-state index in [2.05, 4.69) is 66.5 Å². The molecule has 1 atom stereocenters. The highest BCUT2D eigenvalue weighted by Crippen LogP contribution is 2.33. The fourth-order valence-corrected chi connectivity index (χ4v) is 4.64. The van der Waals surface area contributed by atoms with Gasteiger partial charge in [-0.3, -0.25) is 14.4 Å². The molecule has 1 aliphatic heterocycles. The fourth-order valence-electron chi connectivity index (χ4n) is 4.64. The number of hydrogen-bond donors (Lipinski definition) is 3. The molecule has 0 aliphatic carbocycles. The van der Waals surface area contributed by atoms with Crippen molar-refractivity contribution >= 4 is 11.6 Å². The third-order valence-corrected chi connectivity index (χ3v) is 7.09. The van der Waals surface area contributed by atoms with Crippen LogP contribution < -0.4 is 15.6 Å². The summed E-state index contributed by atoms with van der Waals surface area (Å²) in [6.45, 7) is 7.24. The first-order chi connectivity index (χ1) is 19.4. The smallest absolute Gasteiger partial charge is 0.277 e. The molecule has 5 rings (SSSR count). The lowest BCUT2D eigenvalue weighted by Gasteiger charge is -2.32. The summed E-state index contributed by atoms with van der Waals surface area (Å²) in [7, 11) is 3.81. The molecule has 1 aliphatic rings. The Kier molecular flexibility index (Phi) is 8.54. The summed E-state index contributed by atoms with van der Waals surface area (Å²) in [6, 6.07) is 12.1. The normalized spacial score (nSPS) is 15.2. The maximum absolute atomic E-state index is 12.3. The highest BCUT2D eigenvalue weighted by atomic mass is 16.5. The number of aryl methyl sites for hydroxylation is 1. The lowest BCUT2D eigenvalue weighted by molar-refractivity contribution is 0.148. The average molecular weight is 545 g/mol. The number of ether oxygens (including phenoxy) is 1. The van der Waals surface area contributed by atoms with E-state index in [0.717, 1.165) is 43.9 Å². The van der Waals surface area contributed by atoms with E-state index in [1.165, 1.54) is 10.2 Å². The van der Waals surface area contributed by atoms with Crippen LogP contribution in [0.15, 0.2) is 59.8 Å². The summed E-state index contributed by atoms with van der Waals surface area (Å²) in [5, 5.41) is 15.5. The van der Waals surface area contributed by atoms with Crippen molar-refractivity contribution in [1.82, 2.24) is 34.5 Å². The quantitative estimate of drug-likeness (QED) is 0.276. The molecule has 1 saturated heterocycles. The van der Waals surface area contributed by atoms with Crippen LogP contribution in [0.1, 0.15) is 18.9 Å². The molecular formula is C29H36N8O3. The number of nitrogens with one attached hydrogen (secondary N) is 2. The maximum atomic E-state index is 12.3. The SMILES string of the molecule is CC(CCO)Oc1cc(Nc2ccnc(-c3c[nH]n(C)c3=O)n2)ncc1-c1ccc(CN2CCN(C)CC2)cc1. The summed E-state index contributed by atoms with van der Waals surface area (Å²) in [5.74, 6) is 2.00. The van der Waals surface area contributed by atoms with Crippen LogP contribution in [-0.2, 0) is 13.6 Å². The number of nitrogens with zero attached hydrogens (tertiary/aromatic N) is 6. The van der Waals surface area contributed by atoms with Crippen LogP contribution in [0.4, 0.5) is 11.6 Å². The van der Waals surface area contributed by atoms with Gasteiger partial charge in [0, 0.05) is 83.0 Å². The van der Waals surface area contributed by atoms with E-state index in [4.69, 9.17) is 4.74 Å². The first kappa shape index (κ1) is 27.5. The Morgan fingerprint density at radius 3 is 2.52 bits per heavy atom. The number of benzene rings is 1. The van der Waals surface area contributed by atoms with Gasteiger partial charge in [0.2, 0.25) is 0 Å². The van der Waals surface area contributed by atoms with Gasteiger partial charge in [-0.25, -0.2) is 15.0 Å². The van der Waals surface area contributed by atoms with E-state index in [9.17, 15) is 9.90 Å². The minimum absolute atomic E-state index is 0.0377. The number of aliphatic hydroxyl groups excluding tert-OH is 1. The van der Waals surface area contributed by atoms with Crippen LogP contribution >= 0.6 is 0 Å². The molecule has 11 nitrogen and oxygen atoms in total. The van der Waals surface area contributed by atoms with Gasteiger partial charge in [-0.2, -0.15) is 0 Å². The van der Waals surface area contributed by atoms with Crippen molar-refractivity contribution in [2.45, 2.75) is 26.0 Å². The van der Waals surface area contributed by atoms with Gasteiger partial charge in [-0.1, -0.05) is 24.3 Å². The Hall–Kier alpha value is -4.06. The minimum Gasteiger partial charge on any atom is -0.490 e. The molecule has 4 heterocycles. The minimum atomic E-state index is -0.206. The summed E-state index contributed by atoms with van der Waals surface area (Å²) in [6.07, 6.45) is 5.28. The number of anilines is 2. The van der Waals surface area contributed by atoms with Gasteiger partial charge in [0.1, 0.15) is 22.9 Å². The molecule has 3 N–H and O–H groups in total. The van der Waals surface area contributed by atoms with Crippen LogP contribution in [0.25, 0.3) is 22.5 Å². The molecule has 1 aromatic carbocycles. The standard InChI is InChI=1S/C29H36N8O3/c1-20(9-15-38)40-25-16-27(33-26-8-10-30-28(34-26)24-18-32-36(3)29(24)39)31-17-23(25)22-6-4-21(5-7-22)19-37-13-11-35(2)12-14-37/h4-8,10,16-18,20,32,38H,9,11-15,19H2,1-3H3,(H,30,31,33,34). The van der Waals surface area contributed by atoms with Gasteiger partial charge in [-0.05, 0) is 31.2 Å². The van der Waals surface area contributed by atoms with E-state index in [1.54, 1.807) is 31.7 Å². The maximum Gasteiger partial charge on any atom is 0.277 e. The van der Waals surface area contributed by atoms with Gasteiger partial charge in [0.25, 0.3) is 5.56 Å². The fraction of sp³-hybridized carbons (Fsp3) is 0.379. The topological polar surface area (TPSA) is 124 Å². The van der Waals surface area contributed by atoms with Crippen molar-refractivity contribution in [3.05, 3.63) is 70.9 Å². The van der Waals surface area contributed by atoms with Crippen LogP contribution in [0.5, 0.6) is 5.75 Å². The van der Waals surface area contributed by atoms with E-state index in [1.807, 2.05) is 13.0 Å². The average Bonchev–Trinajstić information content (AvgIpc) is 3.29. The molecule has 0 amide bonds. The second kappa shape index (κ2) is 12.4. The molecule has 3 aromatic heterocycles. The zero-order valence-electron chi connectivity index (χ0n) is 23.2. The molecule has 0 spiro atoms. The molecule has 0 saturated carbocycles. The van der Waals surface area contributed by atoms with Crippen molar-refractivity contribution in [3.63, 3.8) is 0 Å². The first-order valence-corrected chi connectivity index (χ1v) is 13.5. The molecular weight excluding hydrogens is 508 g/mol. The van der Waals surface area contributed by atoms with Crippen molar-refractivity contribution < 1.29 is 9.84 Å². The Bertz CT molecular complexity index is 1480. The molecule has 1 fully saturated rings. The summed E-state index contributed by atoms with van der Waals surface area (Å²) >= 11 is 0. The van der Waals surface area contributed by atoms with E-state index in [-0.39, 0.29) is 18.3 Å². The third kappa shape index (κ3) is 6.56. The number of aromatic nitrogens is 5. The van der Waals surface area contributed by atoms with E-state index in [0.29, 0.717) is 35.2 Å². The number of likely N-dealkylation sites (N-methyl/N-ethyl adjacent to an activating group) is 1. The number of pyridine rings is 1. The van der Waals surface area contributed by atoms with E-state index < -0.39 is 0 Å². The zero-order valence-corrected chi connectivity index (χ0v) is 23.2. The van der Waals surface area contributed by atoms with Gasteiger partial charge in [0.05, 0.1) is 6.10 Å². The highest BCUT2D eigenvalue weighted by Gasteiger charge is 2.16. The van der Waals surface area contributed by atoms with Crippen LogP contribution in [0.2, 0.25) is 0 Å². The first-order valence-electron chi connectivity index (χ1n) is 13.5. The highest BCUT2D eigenvalue weighted by molar-refractivity contribution is 5.72. The number of aliphatic hydroxyl groups is 1. The van der Waals surface area contributed by atoms with Gasteiger partial charge in [-0.15, -0.1) is 0 Å². The van der Waals surface area contributed by atoms with Crippen molar-refractivity contribution in [2.24, 2.45) is 7.05 Å². The molecule has 4 aromatic rings. The van der Waals surface area contributed by atoms with Crippen molar-refractivity contribution in [2.75, 3.05) is 45.2 Å². The Balaban J connectivity index is 1.37. The Labute approximate surface area is 233 Å². The second-order valence-electron chi connectivity index (χ2n) is 10.2. The number of aromatic amines is 1. The lowest BCUT2D eigenvalue weighted by atomic mass is 10.0. The summed E-state index contributed by atoms with van der Waals surface area (Å²) in [5.41, 5.74) is 3.31. The number of hydrogen-bond acceptors (Lipinski definition) is 9. The molecule has 40 heavy (non-hydrogen) atoms. The van der Waals surface area contributed by atoms with Crippen LogP contribution in [0, 0.1) is 0 Å². The van der Waals surface area contributed by atoms with Gasteiger partial charge >= 0.3 is 0 Å². The molecule has 0 bridgehead atoms.